The van der Waals surface area contributed by atoms with Crippen LogP contribution in [0.4, 0.5) is 0 Å². The number of hydrogen-bond donors (Lipinski definition) is 1. The Morgan fingerprint density at radius 2 is 2.05 bits per heavy atom. The lowest BCUT2D eigenvalue weighted by molar-refractivity contribution is 0.288. The maximum atomic E-state index is 5.72. The lowest BCUT2D eigenvalue weighted by Gasteiger charge is -2.20. The molecule has 2 nitrogen and oxygen atoms in total. The molecule has 2 heteroatoms. The van der Waals surface area contributed by atoms with Crippen LogP contribution in [0, 0.1) is 0 Å². The van der Waals surface area contributed by atoms with Crippen molar-refractivity contribution in [2.75, 3.05) is 13.2 Å². The quantitative estimate of drug-likeness (QED) is 0.899. The summed E-state index contributed by atoms with van der Waals surface area (Å²) in [6.07, 6.45) is 2.24. The van der Waals surface area contributed by atoms with Crippen LogP contribution in [0.15, 0.2) is 42.5 Å². The predicted molar refractivity (Wildman–Crippen MR) is 87.8 cm³/mol. The molecule has 0 amide bonds. The second-order valence-corrected chi connectivity index (χ2v) is 5.64. The van der Waals surface area contributed by atoms with Crippen molar-refractivity contribution in [3.8, 4) is 16.9 Å². The third-order valence-corrected chi connectivity index (χ3v) is 4.16. The fourth-order valence-electron chi connectivity index (χ4n) is 3.08. The van der Waals surface area contributed by atoms with E-state index in [1.165, 1.54) is 22.3 Å². The zero-order valence-corrected chi connectivity index (χ0v) is 12.9. The van der Waals surface area contributed by atoms with Crippen molar-refractivity contribution in [2.24, 2.45) is 0 Å². The highest BCUT2D eigenvalue weighted by atomic mass is 16.5. The molecule has 1 heterocycles. The lowest BCUT2D eigenvalue weighted by Crippen LogP contribution is -2.18. The average Bonchev–Trinajstić information content (AvgIpc) is 2.54. The summed E-state index contributed by atoms with van der Waals surface area (Å²) in [5.74, 6) is 1.06. The molecule has 0 radical (unpaired) electrons. The third kappa shape index (κ3) is 2.96. The van der Waals surface area contributed by atoms with Crippen LogP contribution < -0.4 is 10.1 Å². The summed E-state index contributed by atoms with van der Waals surface area (Å²) in [5, 5.41) is 3.51. The molecule has 0 fully saturated rings. The van der Waals surface area contributed by atoms with E-state index in [9.17, 15) is 0 Å². The second kappa shape index (κ2) is 6.31. The molecule has 0 aliphatic carbocycles. The first kappa shape index (κ1) is 14.2. The van der Waals surface area contributed by atoms with E-state index in [4.69, 9.17) is 4.74 Å². The topological polar surface area (TPSA) is 21.3 Å². The minimum absolute atomic E-state index is 0.360. The van der Waals surface area contributed by atoms with E-state index in [0.29, 0.717) is 6.04 Å². The van der Waals surface area contributed by atoms with E-state index in [0.717, 1.165) is 31.7 Å². The molecule has 0 spiro atoms. The van der Waals surface area contributed by atoms with Crippen LogP contribution in [-0.2, 0) is 6.42 Å². The van der Waals surface area contributed by atoms with Gasteiger partial charge in [-0.1, -0.05) is 37.3 Å². The van der Waals surface area contributed by atoms with Gasteiger partial charge in [-0.2, -0.15) is 0 Å². The molecule has 1 N–H and O–H groups in total. The molecule has 2 aromatic rings. The van der Waals surface area contributed by atoms with Gasteiger partial charge in [-0.15, -0.1) is 0 Å². The largest absolute Gasteiger partial charge is 0.493 e. The van der Waals surface area contributed by atoms with Gasteiger partial charge < -0.3 is 10.1 Å². The van der Waals surface area contributed by atoms with Crippen LogP contribution in [0.2, 0.25) is 0 Å². The SMILES string of the molecule is CCNC(C)c1ccccc1-c1ccc2c(c1)CCCO2. The highest BCUT2D eigenvalue weighted by Crippen LogP contribution is 2.33. The summed E-state index contributed by atoms with van der Waals surface area (Å²) < 4.78 is 5.72. The van der Waals surface area contributed by atoms with E-state index < -0.39 is 0 Å². The second-order valence-electron chi connectivity index (χ2n) is 5.64. The Kier molecular flexibility index (Phi) is 4.26. The maximum absolute atomic E-state index is 5.72. The van der Waals surface area contributed by atoms with E-state index in [1.54, 1.807) is 0 Å². The number of hydrogen-bond acceptors (Lipinski definition) is 2. The van der Waals surface area contributed by atoms with Crippen molar-refractivity contribution < 1.29 is 4.74 Å². The molecular weight excluding hydrogens is 258 g/mol. The molecule has 1 aliphatic heterocycles. The van der Waals surface area contributed by atoms with Gasteiger partial charge in [0.1, 0.15) is 5.75 Å². The van der Waals surface area contributed by atoms with Gasteiger partial charge in [0.25, 0.3) is 0 Å². The molecule has 1 atom stereocenters. The summed E-state index contributed by atoms with van der Waals surface area (Å²) in [7, 11) is 0. The summed E-state index contributed by atoms with van der Waals surface area (Å²) in [6.45, 7) is 6.20. The van der Waals surface area contributed by atoms with Crippen molar-refractivity contribution in [1.29, 1.82) is 0 Å². The summed E-state index contributed by atoms with van der Waals surface area (Å²) in [4.78, 5) is 0. The first-order chi connectivity index (χ1) is 10.3. The molecule has 21 heavy (non-hydrogen) atoms. The molecular formula is C19H23NO. The van der Waals surface area contributed by atoms with Gasteiger partial charge in [-0.05, 0) is 60.7 Å². The number of rotatable bonds is 4. The minimum Gasteiger partial charge on any atom is -0.493 e. The smallest absolute Gasteiger partial charge is 0.122 e. The molecule has 1 unspecified atom stereocenters. The fourth-order valence-corrected chi connectivity index (χ4v) is 3.08. The van der Waals surface area contributed by atoms with Gasteiger partial charge in [0.05, 0.1) is 6.61 Å². The van der Waals surface area contributed by atoms with Crippen molar-refractivity contribution in [3.05, 3.63) is 53.6 Å². The standard InChI is InChI=1S/C19H23NO/c1-3-20-14(2)17-8-4-5-9-18(17)15-10-11-19-16(13-15)7-6-12-21-19/h4-5,8-11,13-14,20H,3,6-7,12H2,1-2H3. The van der Waals surface area contributed by atoms with Gasteiger partial charge in [-0.3, -0.25) is 0 Å². The van der Waals surface area contributed by atoms with E-state index in [2.05, 4.69) is 61.6 Å². The summed E-state index contributed by atoms with van der Waals surface area (Å²) in [5.41, 5.74) is 5.31. The highest BCUT2D eigenvalue weighted by molar-refractivity contribution is 5.70. The van der Waals surface area contributed by atoms with E-state index >= 15 is 0 Å². The normalized spacial score (nSPS) is 15.1. The van der Waals surface area contributed by atoms with Crippen LogP contribution in [0.5, 0.6) is 5.75 Å². The van der Waals surface area contributed by atoms with Crippen LogP contribution >= 0.6 is 0 Å². The maximum Gasteiger partial charge on any atom is 0.122 e. The lowest BCUT2D eigenvalue weighted by atomic mass is 9.93. The molecule has 0 saturated carbocycles. The summed E-state index contributed by atoms with van der Waals surface area (Å²) >= 11 is 0. The predicted octanol–water partition coefficient (Wildman–Crippen LogP) is 4.35. The van der Waals surface area contributed by atoms with Gasteiger partial charge >= 0.3 is 0 Å². The molecule has 0 aromatic heterocycles. The number of nitrogens with one attached hydrogen (secondary N) is 1. The highest BCUT2D eigenvalue weighted by Gasteiger charge is 2.14. The Balaban J connectivity index is 2.00. The zero-order chi connectivity index (χ0) is 14.7. The first-order valence-corrected chi connectivity index (χ1v) is 7.88. The monoisotopic (exact) mass is 281 g/mol. The Bertz CT molecular complexity index is 621. The Morgan fingerprint density at radius 3 is 2.90 bits per heavy atom. The molecule has 2 aromatic carbocycles. The zero-order valence-electron chi connectivity index (χ0n) is 12.9. The molecule has 0 saturated heterocycles. The molecule has 1 aliphatic rings. The van der Waals surface area contributed by atoms with Crippen LogP contribution in [0.3, 0.4) is 0 Å². The van der Waals surface area contributed by atoms with E-state index in [-0.39, 0.29) is 0 Å². The van der Waals surface area contributed by atoms with Crippen molar-refractivity contribution in [3.63, 3.8) is 0 Å². The Labute approximate surface area is 127 Å². The minimum atomic E-state index is 0.360. The molecule has 3 rings (SSSR count). The number of fused-ring (bicyclic) bond motifs is 1. The Morgan fingerprint density at radius 1 is 1.19 bits per heavy atom. The van der Waals surface area contributed by atoms with Crippen LogP contribution in [0.25, 0.3) is 11.1 Å². The van der Waals surface area contributed by atoms with Gasteiger partial charge in [0.2, 0.25) is 0 Å². The van der Waals surface area contributed by atoms with Crippen LogP contribution in [-0.4, -0.2) is 13.2 Å². The third-order valence-electron chi connectivity index (χ3n) is 4.16. The number of ether oxygens (including phenoxy) is 1. The molecule has 110 valence electrons. The van der Waals surface area contributed by atoms with E-state index in [1.807, 2.05) is 0 Å². The first-order valence-electron chi connectivity index (χ1n) is 7.88. The molecule has 0 bridgehead atoms. The number of benzene rings is 2. The van der Waals surface area contributed by atoms with Gasteiger partial charge in [-0.25, -0.2) is 0 Å². The van der Waals surface area contributed by atoms with Crippen LogP contribution in [0.1, 0.15) is 37.4 Å². The Hall–Kier alpha value is -1.80. The van der Waals surface area contributed by atoms with Crippen molar-refractivity contribution >= 4 is 0 Å². The van der Waals surface area contributed by atoms with Crippen molar-refractivity contribution in [2.45, 2.75) is 32.7 Å². The van der Waals surface area contributed by atoms with Crippen molar-refractivity contribution in [1.82, 2.24) is 5.32 Å². The fraction of sp³-hybridized carbons (Fsp3) is 0.368. The summed E-state index contributed by atoms with van der Waals surface area (Å²) in [6, 6.07) is 15.6. The average molecular weight is 281 g/mol. The number of aryl methyl sites for hydroxylation is 1. The van der Waals surface area contributed by atoms with Gasteiger partial charge in [0.15, 0.2) is 0 Å². The van der Waals surface area contributed by atoms with Gasteiger partial charge in [0, 0.05) is 6.04 Å².